The summed E-state index contributed by atoms with van der Waals surface area (Å²) in [4.78, 5) is 12.0. The van der Waals surface area contributed by atoms with Gasteiger partial charge in [-0.25, -0.2) is 0 Å². The predicted molar refractivity (Wildman–Crippen MR) is 80.1 cm³/mol. The Morgan fingerprint density at radius 2 is 1.90 bits per heavy atom. The van der Waals surface area contributed by atoms with E-state index in [0.717, 1.165) is 36.6 Å². The van der Waals surface area contributed by atoms with Gasteiger partial charge in [0.2, 0.25) is 5.91 Å². The molecule has 2 nitrogen and oxygen atoms in total. The highest BCUT2D eigenvalue weighted by Crippen LogP contribution is 2.64. The van der Waals surface area contributed by atoms with Gasteiger partial charge in [-0.3, -0.25) is 4.79 Å². The zero-order valence-corrected chi connectivity index (χ0v) is 13.1. The molecular formula is C18H29NO. The minimum atomic E-state index is 0.301. The first-order valence-electron chi connectivity index (χ1n) is 8.80. The van der Waals surface area contributed by atoms with Crippen molar-refractivity contribution in [3.63, 3.8) is 0 Å². The molecular weight excluding hydrogens is 246 g/mol. The lowest BCUT2D eigenvalue weighted by Gasteiger charge is -2.59. The normalized spacial score (nSPS) is 54.6. The lowest BCUT2D eigenvalue weighted by molar-refractivity contribution is -0.141. The van der Waals surface area contributed by atoms with Crippen LogP contribution in [0.3, 0.4) is 0 Å². The van der Waals surface area contributed by atoms with Gasteiger partial charge in [0, 0.05) is 13.0 Å². The largest absolute Gasteiger partial charge is 0.356 e. The molecule has 1 heterocycles. The second-order valence-electron chi connectivity index (χ2n) is 8.72. The summed E-state index contributed by atoms with van der Waals surface area (Å²) in [5.74, 6) is 3.76. The molecule has 0 aromatic heterocycles. The Balaban J connectivity index is 1.66. The molecule has 3 saturated carbocycles. The Morgan fingerprint density at radius 3 is 2.75 bits per heavy atom. The highest BCUT2D eigenvalue weighted by atomic mass is 16.1. The molecule has 0 unspecified atom stereocenters. The smallest absolute Gasteiger partial charge is 0.220 e. The molecule has 4 fully saturated rings. The van der Waals surface area contributed by atoms with E-state index >= 15 is 0 Å². The van der Waals surface area contributed by atoms with Gasteiger partial charge in [0.05, 0.1) is 0 Å². The van der Waals surface area contributed by atoms with Crippen molar-refractivity contribution in [3.8, 4) is 0 Å². The predicted octanol–water partition coefficient (Wildman–Crippen LogP) is 3.76. The van der Waals surface area contributed by atoms with E-state index in [9.17, 15) is 4.79 Å². The minimum Gasteiger partial charge on any atom is -0.356 e. The summed E-state index contributed by atoms with van der Waals surface area (Å²) in [7, 11) is 0. The van der Waals surface area contributed by atoms with Gasteiger partial charge in [0.25, 0.3) is 0 Å². The average molecular weight is 275 g/mol. The third-order valence-electron chi connectivity index (χ3n) is 7.93. The van der Waals surface area contributed by atoms with Crippen LogP contribution in [-0.4, -0.2) is 12.5 Å². The van der Waals surface area contributed by atoms with E-state index in [-0.39, 0.29) is 0 Å². The molecule has 0 spiro atoms. The van der Waals surface area contributed by atoms with Gasteiger partial charge < -0.3 is 5.32 Å². The van der Waals surface area contributed by atoms with Crippen molar-refractivity contribution < 1.29 is 4.79 Å². The molecule has 0 bridgehead atoms. The van der Waals surface area contributed by atoms with Crippen LogP contribution in [-0.2, 0) is 4.79 Å². The van der Waals surface area contributed by atoms with Gasteiger partial charge >= 0.3 is 0 Å². The number of fused-ring (bicyclic) bond motifs is 5. The van der Waals surface area contributed by atoms with Gasteiger partial charge in [0.1, 0.15) is 0 Å². The highest BCUT2D eigenvalue weighted by molar-refractivity contribution is 5.77. The van der Waals surface area contributed by atoms with Crippen LogP contribution < -0.4 is 5.32 Å². The third-order valence-corrected chi connectivity index (χ3v) is 7.93. The van der Waals surface area contributed by atoms with E-state index in [1.807, 2.05) is 0 Å². The fraction of sp³-hybridized carbons (Fsp3) is 0.944. The van der Waals surface area contributed by atoms with Crippen molar-refractivity contribution in [2.45, 2.75) is 65.2 Å². The second kappa shape index (κ2) is 4.24. The van der Waals surface area contributed by atoms with Gasteiger partial charge in [-0.05, 0) is 73.0 Å². The van der Waals surface area contributed by atoms with Crippen LogP contribution in [0, 0.1) is 34.5 Å². The number of hydrogen-bond acceptors (Lipinski definition) is 1. The van der Waals surface area contributed by atoms with E-state index < -0.39 is 0 Å². The fourth-order valence-electron chi connectivity index (χ4n) is 6.78. The molecule has 1 aliphatic heterocycles. The highest BCUT2D eigenvalue weighted by Gasteiger charge is 2.58. The Bertz CT molecular complexity index is 433. The van der Waals surface area contributed by atoms with Crippen molar-refractivity contribution >= 4 is 5.91 Å². The zero-order chi connectivity index (χ0) is 14.0. The topological polar surface area (TPSA) is 29.1 Å². The third kappa shape index (κ3) is 1.66. The maximum Gasteiger partial charge on any atom is 0.220 e. The van der Waals surface area contributed by atoms with E-state index in [4.69, 9.17) is 0 Å². The molecule has 6 atom stereocenters. The average Bonchev–Trinajstić information content (AvgIpc) is 2.79. The summed E-state index contributed by atoms with van der Waals surface area (Å²) in [6, 6.07) is 0. The molecule has 0 aromatic rings. The van der Waals surface area contributed by atoms with E-state index in [1.54, 1.807) is 0 Å². The van der Waals surface area contributed by atoms with Crippen molar-refractivity contribution in [3.05, 3.63) is 0 Å². The van der Waals surface area contributed by atoms with E-state index in [2.05, 4.69) is 19.2 Å². The summed E-state index contributed by atoms with van der Waals surface area (Å²) in [5.41, 5.74) is 0.941. The van der Waals surface area contributed by atoms with Gasteiger partial charge in [-0.15, -0.1) is 0 Å². The second-order valence-corrected chi connectivity index (χ2v) is 8.72. The molecule has 112 valence electrons. The van der Waals surface area contributed by atoms with E-state index in [0.29, 0.717) is 16.7 Å². The molecule has 1 N–H and O–H groups in total. The number of carbonyl (C=O) groups excluding carboxylic acids is 1. The summed E-state index contributed by atoms with van der Waals surface area (Å²) in [6.07, 6.45) is 10.8. The van der Waals surface area contributed by atoms with Crippen molar-refractivity contribution in [2.75, 3.05) is 6.54 Å². The first-order chi connectivity index (χ1) is 9.53. The van der Waals surface area contributed by atoms with Crippen LogP contribution in [0.25, 0.3) is 0 Å². The maximum atomic E-state index is 12.0. The number of rotatable bonds is 0. The standard InChI is InChI=1S/C18H29NO/c1-17-8-3-4-14(17)13-6-5-12-11-19-16(20)10-18(12,2)15(13)7-9-17/h12-15H,3-11H2,1-2H3,(H,19,20)/t12-,13-,14+,15-,17+,18-/m0/s1. The van der Waals surface area contributed by atoms with Crippen LogP contribution in [0.4, 0.5) is 0 Å². The number of amides is 1. The first-order valence-corrected chi connectivity index (χ1v) is 8.80. The summed E-state index contributed by atoms with van der Waals surface area (Å²) in [5, 5.41) is 3.12. The van der Waals surface area contributed by atoms with Crippen LogP contribution in [0.5, 0.6) is 0 Å². The molecule has 3 aliphatic carbocycles. The molecule has 2 heteroatoms. The molecule has 4 aliphatic rings. The van der Waals surface area contributed by atoms with Crippen LogP contribution in [0.2, 0.25) is 0 Å². The minimum absolute atomic E-state index is 0.301. The Morgan fingerprint density at radius 1 is 1.05 bits per heavy atom. The molecule has 1 saturated heterocycles. The Kier molecular flexibility index (Phi) is 2.79. The Labute approximate surface area is 123 Å². The number of carbonyl (C=O) groups is 1. The molecule has 20 heavy (non-hydrogen) atoms. The lowest BCUT2D eigenvalue weighted by Crippen LogP contribution is -2.57. The summed E-state index contributed by atoms with van der Waals surface area (Å²) in [6.45, 7) is 5.95. The van der Waals surface area contributed by atoms with Crippen molar-refractivity contribution in [1.82, 2.24) is 5.32 Å². The van der Waals surface area contributed by atoms with Crippen LogP contribution >= 0.6 is 0 Å². The van der Waals surface area contributed by atoms with E-state index in [1.165, 1.54) is 44.9 Å². The number of hydrogen-bond donors (Lipinski definition) is 1. The lowest BCUT2D eigenvalue weighted by atomic mass is 9.46. The van der Waals surface area contributed by atoms with Gasteiger partial charge in [-0.1, -0.05) is 20.3 Å². The fourth-order valence-corrected chi connectivity index (χ4v) is 6.78. The SMILES string of the molecule is C[C@]12CCC[C@@H]1[C@@H]1CC[C@H]3CNC(=O)C[C@]3(C)[C@H]1CC2. The maximum absolute atomic E-state index is 12.0. The molecule has 4 rings (SSSR count). The molecule has 1 amide bonds. The van der Waals surface area contributed by atoms with Crippen molar-refractivity contribution in [1.29, 1.82) is 0 Å². The molecule has 0 aromatic carbocycles. The number of piperidine rings is 1. The van der Waals surface area contributed by atoms with Crippen LogP contribution in [0.15, 0.2) is 0 Å². The van der Waals surface area contributed by atoms with Crippen molar-refractivity contribution in [2.24, 2.45) is 34.5 Å². The summed E-state index contributed by atoms with van der Waals surface area (Å²) >= 11 is 0. The monoisotopic (exact) mass is 275 g/mol. The summed E-state index contributed by atoms with van der Waals surface area (Å²) < 4.78 is 0. The van der Waals surface area contributed by atoms with Gasteiger partial charge in [0.15, 0.2) is 0 Å². The van der Waals surface area contributed by atoms with Crippen LogP contribution in [0.1, 0.15) is 65.2 Å². The zero-order valence-electron chi connectivity index (χ0n) is 13.1. The Hall–Kier alpha value is -0.530. The molecule has 0 radical (unpaired) electrons. The van der Waals surface area contributed by atoms with Gasteiger partial charge in [-0.2, -0.15) is 0 Å². The quantitative estimate of drug-likeness (QED) is 0.716. The first kappa shape index (κ1) is 13.2. The number of nitrogens with one attached hydrogen (secondary N) is 1.